The molecule has 1 aromatic carbocycles. The Morgan fingerprint density at radius 2 is 2.11 bits per heavy atom. The second-order valence-corrected chi connectivity index (χ2v) is 4.39. The van der Waals surface area contributed by atoms with Gasteiger partial charge in [0, 0.05) is 18.8 Å². The van der Waals surface area contributed by atoms with Gasteiger partial charge in [-0.05, 0) is 56.2 Å². The first-order valence-electron chi connectivity index (χ1n) is 6.02. The van der Waals surface area contributed by atoms with Crippen molar-refractivity contribution in [1.29, 1.82) is 0 Å². The highest BCUT2D eigenvalue weighted by Crippen LogP contribution is 2.18. The summed E-state index contributed by atoms with van der Waals surface area (Å²) in [5, 5.41) is 4.13. The lowest BCUT2D eigenvalue weighted by molar-refractivity contribution is 0.865. The topological polar surface area (TPSA) is 53.6 Å². The van der Waals surface area contributed by atoms with E-state index in [-0.39, 0.29) is 5.11 Å². The zero-order chi connectivity index (χ0) is 13.5. The number of nitrogens with one attached hydrogen (secondary N) is 1. The van der Waals surface area contributed by atoms with Gasteiger partial charge in [-0.1, -0.05) is 6.07 Å². The van der Waals surface area contributed by atoms with Gasteiger partial charge >= 0.3 is 0 Å². The zero-order valence-corrected chi connectivity index (χ0v) is 11.9. The van der Waals surface area contributed by atoms with Crippen LogP contribution in [-0.4, -0.2) is 24.4 Å². The molecule has 1 rings (SSSR count). The van der Waals surface area contributed by atoms with Crippen LogP contribution in [0.15, 0.2) is 23.3 Å². The first kappa shape index (κ1) is 14.4. The zero-order valence-electron chi connectivity index (χ0n) is 11.1. The SMILES string of the molecule is CCN(CC)c1ccc(C=NNC(N)=S)c(C)c1. The van der Waals surface area contributed by atoms with Crippen LogP contribution >= 0.6 is 12.2 Å². The molecule has 0 aliphatic rings. The van der Waals surface area contributed by atoms with Crippen molar-refractivity contribution in [3.8, 4) is 0 Å². The molecule has 0 radical (unpaired) electrons. The molecule has 1 aromatic rings. The van der Waals surface area contributed by atoms with Gasteiger partial charge in [0.25, 0.3) is 0 Å². The summed E-state index contributed by atoms with van der Waals surface area (Å²) >= 11 is 4.68. The van der Waals surface area contributed by atoms with Gasteiger partial charge in [-0.3, -0.25) is 5.43 Å². The van der Waals surface area contributed by atoms with E-state index in [0.29, 0.717) is 0 Å². The van der Waals surface area contributed by atoms with Crippen molar-refractivity contribution in [3.05, 3.63) is 29.3 Å². The van der Waals surface area contributed by atoms with Crippen molar-refractivity contribution in [2.75, 3.05) is 18.0 Å². The molecule has 0 amide bonds. The van der Waals surface area contributed by atoms with Crippen LogP contribution < -0.4 is 16.1 Å². The van der Waals surface area contributed by atoms with Gasteiger partial charge in [0.15, 0.2) is 5.11 Å². The summed E-state index contributed by atoms with van der Waals surface area (Å²) < 4.78 is 0. The summed E-state index contributed by atoms with van der Waals surface area (Å²) in [6.07, 6.45) is 1.72. The molecule has 3 N–H and O–H groups in total. The van der Waals surface area contributed by atoms with Crippen molar-refractivity contribution < 1.29 is 0 Å². The van der Waals surface area contributed by atoms with Crippen molar-refractivity contribution >= 4 is 29.2 Å². The molecule has 0 saturated heterocycles. The normalized spacial score (nSPS) is 10.6. The Kier molecular flexibility index (Phi) is 5.58. The molecule has 0 atom stereocenters. The van der Waals surface area contributed by atoms with E-state index in [9.17, 15) is 0 Å². The number of nitrogens with zero attached hydrogens (tertiary/aromatic N) is 2. The first-order chi connectivity index (χ1) is 8.58. The molecular formula is C13H20N4S. The fourth-order valence-electron chi connectivity index (χ4n) is 1.76. The maximum absolute atomic E-state index is 5.29. The summed E-state index contributed by atoms with van der Waals surface area (Å²) in [4.78, 5) is 2.31. The highest BCUT2D eigenvalue weighted by atomic mass is 32.1. The van der Waals surface area contributed by atoms with E-state index in [1.54, 1.807) is 6.21 Å². The van der Waals surface area contributed by atoms with Gasteiger partial charge in [0.1, 0.15) is 0 Å². The Morgan fingerprint density at radius 3 is 2.61 bits per heavy atom. The first-order valence-corrected chi connectivity index (χ1v) is 6.43. The molecule has 4 nitrogen and oxygen atoms in total. The molecule has 0 unspecified atom stereocenters. The second kappa shape index (κ2) is 6.96. The van der Waals surface area contributed by atoms with Crippen LogP contribution in [0, 0.1) is 6.92 Å². The molecule has 0 aliphatic heterocycles. The van der Waals surface area contributed by atoms with Crippen molar-refractivity contribution in [2.24, 2.45) is 10.8 Å². The van der Waals surface area contributed by atoms with Crippen LogP contribution in [0.1, 0.15) is 25.0 Å². The minimum atomic E-state index is 0.170. The fraction of sp³-hybridized carbons (Fsp3) is 0.385. The van der Waals surface area contributed by atoms with Crippen LogP contribution in [0.5, 0.6) is 0 Å². The summed E-state index contributed by atoms with van der Waals surface area (Å²) in [5.41, 5.74) is 11.3. The van der Waals surface area contributed by atoms with E-state index in [1.807, 2.05) is 6.07 Å². The van der Waals surface area contributed by atoms with E-state index in [4.69, 9.17) is 5.73 Å². The van der Waals surface area contributed by atoms with Gasteiger partial charge in [-0.2, -0.15) is 5.10 Å². The van der Waals surface area contributed by atoms with Crippen LogP contribution in [-0.2, 0) is 0 Å². The van der Waals surface area contributed by atoms with Crippen molar-refractivity contribution in [2.45, 2.75) is 20.8 Å². The molecule has 0 heterocycles. The van der Waals surface area contributed by atoms with E-state index >= 15 is 0 Å². The Bertz CT molecular complexity index is 439. The van der Waals surface area contributed by atoms with Gasteiger partial charge in [0.2, 0.25) is 0 Å². The quantitative estimate of drug-likeness (QED) is 0.485. The maximum atomic E-state index is 5.29. The Hall–Kier alpha value is -1.62. The lowest BCUT2D eigenvalue weighted by Gasteiger charge is -2.21. The monoisotopic (exact) mass is 264 g/mol. The molecule has 18 heavy (non-hydrogen) atoms. The largest absolute Gasteiger partial charge is 0.375 e. The molecule has 0 fully saturated rings. The number of hydrogen-bond donors (Lipinski definition) is 2. The van der Waals surface area contributed by atoms with Gasteiger partial charge in [-0.25, -0.2) is 0 Å². The molecule has 0 aliphatic carbocycles. The Balaban J connectivity index is 2.85. The lowest BCUT2D eigenvalue weighted by Crippen LogP contribution is -2.24. The van der Waals surface area contributed by atoms with E-state index in [0.717, 1.165) is 18.7 Å². The Morgan fingerprint density at radius 1 is 1.44 bits per heavy atom. The van der Waals surface area contributed by atoms with Crippen molar-refractivity contribution in [1.82, 2.24) is 5.43 Å². The number of hydrogen-bond acceptors (Lipinski definition) is 3. The van der Waals surface area contributed by atoms with Crippen LogP contribution in [0.4, 0.5) is 5.69 Å². The average Bonchev–Trinajstić information content (AvgIpc) is 2.33. The predicted octanol–water partition coefficient (Wildman–Crippen LogP) is 2.01. The van der Waals surface area contributed by atoms with Crippen LogP contribution in [0.3, 0.4) is 0 Å². The van der Waals surface area contributed by atoms with Crippen molar-refractivity contribution in [3.63, 3.8) is 0 Å². The number of rotatable bonds is 5. The summed E-state index contributed by atoms with van der Waals surface area (Å²) in [6.45, 7) is 8.38. The number of hydrazone groups is 1. The number of nitrogens with two attached hydrogens (primary N) is 1. The summed E-state index contributed by atoms with van der Waals surface area (Å²) in [7, 11) is 0. The minimum absolute atomic E-state index is 0.170. The molecule has 5 heteroatoms. The molecule has 0 spiro atoms. The Labute approximate surface area is 114 Å². The highest BCUT2D eigenvalue weighted by Gasteiger charge is 2.03. The average molecular weight is 264 g/mol. The fourth-order valence-corrected chi connectivity index (χ4v) is 1.81. The molecule has 98 valence electrons. The molecular weight excluding hydrogens is 244 g/mol. The van der Waals surface area contributed by atoms with Gasteiger partial charge < -0.3 is 10.6 Å². The third kappa shape index (κ3) is 4.00. The minimum Gasteiger partial charge on any atom is -0.375 e. The molecule has 0 saturated carbocycles. The summed E-state index contributed by atoms with van der Waals surface area (Å²) in [6, 6.07) is 6.31. The number of aryl methyl sites for hydroxylation is 1. The van der Waals surface area contributed by atoms with E-state index < -0.39 is 0 Å². The number of thiocarbonyl (C=S) groups is 1. The van der Waals surface area contributed by atoms with Crippen LogP contribution in [0.2, 0.25) is 0 Å². The smallest absolute Gasteiger partial charge is 0.184 e. The lowest BCUT2D eigenvalue weighted by atomic mass is 10.1. The maximum Gasteiger partial charge on any atom is 0.184 e. The van der Waals surface area contributed by atoms with Gasteiger partial charge in [-0.15, -0.1) is 0 Å². The molecule has 0 bridgehead atoms. The number of benzene rings is 1. The van der Waals surface area contributed by atoms with E-state index in [1.165, 1.54) is 11.3 Å². The van der Waals surface area contributed by atoms with Gasteiger partial charge in [0.05, 0.1) is 6.21 Å². The third-order valence-corrected chi connectivity index (χ3v) is 2.85. The standard InChI is InChI=1S/C13H20N4S/c1-4-17(5-2)12-7-6-11(10(3)8-12)9-15-16-13(14)18/h6-9H,4-5H2,1-3H3,(H3,14,16,18). The predicted molar refractivity (Wildman–Crippen MR) is 82.3 cm³/mol. The van der Waals surface area contributed by atoms with E-state index in [2.05, 4.69) is 60.5 Å². The summed E-state index contributed by atoms with van der Waals surface area (Å²) in [5.74, 6) is 0. The molecule has 0 aromatic heterocycles. The third-order valence-electron chi connectivity index (χ3n) is 2.76. The second-order valence-electron chi connectivity index (χ2n) is 3.95. The number of anilines is 1. The van der Waals surface area contributed by atoms with Crippen LogP contribution in [0.25, 0.3) is 0 Å². The highest BCUT2D eigenvalue weighted by molar-refractivity contribution is 7.80.